The van der Waals surface area contributed by atoms with Gasteiger partial charge in [0.15, 0.2) is 0 Å². The Labute approximate surface area is 341 Å². The monoisotopic (exact) mass is 806 g/mol. The van der Waals surface area contributed by atoms with Crippen molar-refractivity contribution in [3.8, 4) is 33.6 Å². The Morgan fingerprint density at radius 1 is 0.729 bits per heavy atom. The van der Waals surface area contributed by atoms with Crippen LogP contribution in [0.4, 0.5) is 9.59 Å². The van der Waals surface area contributed by atoms with Crippen molar-refractivity contribution in [2.24, 2.45) is 7.05 Å². The molecule has 5 atom stereocenters. The number of benzene rings is 2. The molecule has 0 unspecified atom stereocenters. The van der Waals surface area contributed by atoms with E-state index in [2.05, 4.69) is 54.8 Å². The largest absolute Gasteiger partial charge is 0.453 e. The second-order valence-electron chi connectivity index (χ2n) is 14.8. The molecule has 4 amide bonds. The van der Waals surface area contributed by atoms with Crippen molar-refractivity contribution in [2.75, 3.05) is 34.4 Å². The summed E-state index contributed by atoms with van der Waals surface area (Å²) in [7, 11) is 5.88. The third-order valence-corrected chi connectivity index (χ3v) is 11.3. The Bertz CT molecular complexity index is 2250. The molecule has 0 spiro atoms. The summed E-state index contributed by atoms with van der Waals surface area (Å²) in [4.78, 5) is 75.7. The maximum absolute atomic E-state index is 13.9. The standard InChI is InChI=1S/C42H50N10O7/c1-25(57-3)36(49-42(56)59-5)40(54)52-19-7-9-35(52)38-45-23-33(47-38)29-16-12-27(13-17-29)26-10-14-28(15-11-26)32-22-44-37(46-32)34-8-6-18-51(34)39(53)31(48-41(55)58-4)20-30-21-43-24-50(30)2/h10-17,21-25,31,34-36H,6-9,18-20H2,1-5H3,(H,44,46)(H,45,47)(H,48,55)(H,49,56)/t25-,31-,34+,35+,36+/m1/s1. The zero-order chi connectivity index (χ0) is 41.6. The summed E-state index contributed by atoms with van der Waals surface area (Å²) in [6.45, 7) is 2.82. The maximum Gasteiger partial charge on any atom is 0.407 e. The second-order valence-corrected chi connectivity index (χ2v) is 14.8. The number of nitrogens with one attached hydrogen (secondary N) is 4. The minimum Gasteiger partial charge on any atom is -0.453 e. The molecule has 310 valence electrons. The van der Waals surface area contributed by atoms with E-state index in [1.165, 1.54) is 21.3 Å². The molecular formula is C42H50N10O7. The molecule has 5 heterocycles. The fraction of sp³-hybridized carbons (Fsp3) is 0.405. The van der Waals surface area contributed by atoms with Crippen molar-refractivity contribution in [2.45, 2.75) is 69.3 Å². The predicted octanol–water partition coefficient (Wildman–Crippen LogP) is 4.92. The van der Waals surface area contributed by atoms with Gasteiger partial charge in [0.2, 0.25) is 11.8 Å². The van der Waals surface area contributed by atoms with Crippen LogP contribution in [0.1, 0.15) is 62.0 Å². The summed E-state index contributed by atoms with van der Waals surface area (Å²) in [5, 5.41) is 5.33. The summed E-state index contributed by atoms with van der Waals surface area (Å²) in [6.07, 6.45) is 8.36. The number of alkyl carbamates (subject to hydrolysis) is 2. The van der Waals surface area contributed by atoms with Crippen LogP contribution in [0.3, 0.4) is 0 Å². The van der Waals surface area contributed by atoms with Crippen LogP contribution < -0.4 is 10.6 Å². The number of amides is 4. The molecule has 0 radical (unpaired) electrons. The van der Waals surface area contributed by atoms with Crippen LogP contribution in [-0.4, -0.2) is 116 Å². The Kier molecular flexibility index (Phi) is 12.4. The summed E-state index contributed by atoms with van der Waals surface area (Å²) in [5.41, 5.74) is 6.46. The van der Waals surface area contributed by atoms with Gasteiger partial charge in [-0.3, -0.25) is 9.59 Å². The smallest absolute Gasteiger partial charge is 0.407 e. The van der Waals surface area contributed by atoms with Crippen molar-refractivity contribution in [3.05, 3.63) is 90.8 Å². The van der Waals surface area contributed by atoms with Gasteiger partial charge in [0.25, 0.3) is 0 Å². The van der Waals surface area contributed by atoms with Gasteiger partial charge >= 0.3 is 12.2 Å². The van der Waals surface area contributed by atoms with E-state index >= 15 is 0 Å². The topological polar surface area (TPSA) is 202 Å². The molecule has 4 N–H and O–H groups in total. The normalized spacial score (nSPS) is 18.0. The zero-order valence-corrected chi connectivity index (χ0v) is 33.8. The van der Waals surface area contributed by atoms with Gasteiger partial charge in [0.05, 0.1) is 62.5 Å². The van der Waals surface area contributed by atoms with Crippen LogP contribution in [0.15, 0.2) is 73.4 Å². The highest BCUT2D eigenvalue weighted by molar-refractivity contribution is 5.87. The molecule has 5 aromatic rings. The number of likely N-dealkylation sites (tertiary alicyclic amines) is 2. The highest BCUT2D eigenvalue weighted by Crippen LogP contribution is 2.35. The first-order valence-electron chi connectivity index (χ1n) is 19.7. The number of methoxy groups -OCH3 is 3. The molecule has 7 rings (SSSR count). The van der Waals surface area contributed by atoms with Gasteiger partial charge < -0.3 is 49.2 Å². The number of imidazole rings is 3. The van der Waals surface area contributed by atoms with Gasteiger partial charge in [-0.15, -0.1) is 0 Å². The molecule has 17 nitrogen and oxygen atoms in total. The van der Waals surface area contributed by atoms with E-state index in [9.17, 15) is 19.2 Å². The molecule has 0 bridgehead atoms. The van der Waals surface area contributed by atoms with Gasteiger partial charge in [-0.1, -0.05) is 48.5 Å². The number of aromatic nitrogens is 6. The lowest BCUT2D eigenvalue weighted by molar-refractivity contribution is -0.137. The lowest BCUT2D eigenvalue weighted by Crippen LogP contribution is -2.54. The van der Waals surface area contributed by atoms with Crippen molar-refractivity contribution in [1.29, 1.82) is 0 Å². The maximum atomic E-state index is 13.9. The van der Waals surface area contributed by atoms with Crippen LogP contribution in [0.5, 0.6) is 0 Å². The number of carbonyl (C=O) groups excluding carboxylic acids is 4. The number of hydrogen-bond donors (Lipinski definition) is 4. The summed E-state index contributed by atoms with van der Waals surface area (Å²) in [5.74, 6) is 0.920. The minimum atomic E-state index is -0.900. The molecule has 0 saturated carbocycles. The summed E-state index contributed by atoms with van der Waals surface area (Å²) >= 11 is 0. The molecule has 3 aromatic heterocycles. The Morgan fingerprint density at radius 2 is 1.22 bits per heavy atom. The average molecular weight is 807 g/mol. The lowest BCUT2D eigenvalue weighted by Gasteiger charge is -2.30. The lowest BCUT2D eigenvalue weighted by atomic mass is 10.0. The molecule has 2 saturated heterocycles. The third kappa shape index (κ3) is 8.84. The first-order chi connectivity index (χ1) is 28.6. The van der Waals surface area contributed by atoms with Crippen molar-refractivity contribution in [1.82, 2.24) is 49.9 Å². The number of ether oxygens (including phenoxy) is 3. The Morgan fingerprint density at radius 3 is 1.69 bits per heavy atom. The number of nitrogens with zero attached hydrogens (tertiary/aromatic N) is 6. The van der Waals surface area contributed by atoms with Gasteiger partial charge in [0.1, 0.15) is 23.7 Å². The molecule has 2 aliphatic heterocycles. The molecular weight excluding hydrogens is 757 g/mol. The highest BCUT2D eigenvalue weighted by Gasteiger charge is 2.39. The van der Waals surface area contributed by atoms with E-state index in [-0.39, 0.29) is 30.3 Å². The van der Waals surface area contributed by atoms with Gasteiger partial charge in [-0.25, -0.2) is 24.5 Å². The van der Waals surface area contributed by atoms with E-state index in [1.54, 1.807) is 41.6 Å². The van der Waals surface area contributed by atoms with Crippen LogP contribution >= 0.6 is 0 Å². The number of aryl methyl sites for hydroxylation is 1. The van der Waals surface area contributed by atoms with Crippen molar-refractivity contribution < 1.29 is 33.4 Å². The minimum absolute atomic E-state index is 0.203. The number of aromatic amines is 2. The van der Waals surface area contributed by atoms with Crippen LogP contribution in [0, 0.1) is 0 Å². The number of rotatable bonds is 13. The van der Waals surface area contributed by atoms with Crippen molar-refractivity contribution in [3.63, 3.8) is 0 Å². The fourth-order valence-corrected chi connectivity index (χ4v) is 7.89. The quantitative estimate of drug-likeness (QED) is 0.127. The van der Waals surface area contributed by atoms with Crippen LogP contribution in [0.25, 0.3) is 33.6 Å². The Balaban J connectivity index is 1.00. The number of hydrogen-bond acceptors (Lipinski definition) is 10. The van der Waals surface area contributed by atoms with E-state index < -0.39 is 30.4 Å². The first kappa shape index (κ1) is 40.7. The van der Waals surface area contributed by atoms with Gasteiger partial charge in [0, 0.05) is 45.6 Å². The van der Waals surface area contributed by atoms with Crippen molar-refractivity contribution >= 4 is 24.0 Å². The first-order valence-corrected chi connectivity index (χ1v) is 19.7. The van der Waals surface area contributed by atoms with E-state index in [4.69, 9.17) is 19.2 Å². The fourth-order valence-electron chi connectivity index (χ4n) is 7.89. The van der Waals surface area contributed by atoms with Gasteiger partial charge in [-0.05, 0) is 54.9 Å². The average Bonchev–Trinajstić information content (AvgIpc) is 4.12. The summed E-state index contributed by atoms with van der Waals surface area (Å²) in [6, 6.07) is 14.1. The second kappa shape index (κ2) is 18.0. The molecule has 2 aliphatic rings. The zero-order valence-electron chi connectivity index (χ0n) is 33.8. The van der Waals surface area contributed by atoms with Crippen LogP contribution in [0.2, 0.25) is 0 Å². The van der Waals surface area contributed by atoms with E-state index in [0.29, 0.717) is 24.7 Å². The molecule has 2 aromatic carbocycles. The summed E-state index contributed by atoms with van der Waals surface area (Å²) < 4.78 is 16.8. The van der Waals surface area contributed by atoms with E-state index in [1.807, 2.05) is 35.9 Å². The SMILES string of the molecule is COC(=O)N[C@H](C(=O)N1CCC[C@H]1c1ncc(-c2ccc(-c3ccc(-c4cnc([C@@H]5CCCN5C(=O)[C@@H](Cc5cncn5C)NC(=O)OC)[nH]4)cc3)cc2)[nH]1)[C@@H](C)OC. The molecule has 2 fully saturated rings. The number of H-pyrrole nitrogens is 2. The van der Waals surface area contributed by atoms with Gasteiger partial charge in [-0.2, -0.15) is 0 Å². The molecule has 17 heteroatoms. The third-order valence-electron chi connectivity index (χ3n) is 11.3. The number of carbonyl (C=O) groups is 4. The van der Waals surface area contributed by atoms with E-state index in [0.717, 1.165) is 65.0 Å². The molecule has 0 aliphatic carbocycles. The predicted molar refractivity (Wildman–Crippen MR) is 216 cm³/mol. The highest BCUT2D eigenvalue weighted by atomic mass is 16.5. The Hall–Kier alpha value is -6.49. The van der Waals surface area contributed by atoms with Crippen LogP contribution in [-0.2, 0) is 37.3 Å². The molecule has 59 heavy (non-hydrogen) atoms.